The molecular weight excluding hydrogens is 208 g/mol. The summed E-state index contributed by atoms with van der Waals surface area (Å²) in [5, 5.41) is 7.98. The smallest absolute Gasteiger partial charge is 0.268 e. The number of carbonyl (C=O) groups is 1. The molecule has 0 fully saturated rings. The fourth-order valence-corrected chi connectivity index (χ4v) is 2.18. The molecule has 0 aromatic heterocycles. The van der Waals surface area contributed by atoms with Crippen molar-refractivity contribution in [1.82, 2.24) is 15.5 Å². The van der Waals surface area contributed by atoms with Gasteiger partial charge in [-0.2, -0.15) is 0 Å². The predicted molar refractivity (Wildman–Crippen MR) is 52.4 cm³/mol. The Balaban J connectivity index is 5.32. The van der Waals surface area contributed by atoms with Crippen molar-refractivity contribution in [2.75, 3.05) is 21.1 Å². The van der Waals surface area contributed by atoms with Gasteiger partial charge < -0.3 is 5.32 Å². The van der Waals surface area contributed by atoms with Gasteiger partial charge in [-0.05, 0) is 21.1 Å². The minimum Gasteiger partial charge on any atom is -0.312 e. The van der Waals surface area contributed by atoms with Gasteiger partial charge in [0, 0.05) is 6.92 Å². The summed E-state index contributed by atoms with van der Waals surface area (Å²) in [5.74, 6) is -0.498. The quantitative estimate of drug-likeness (QED) is 0.470. The molecule has 1 unspecified atom stereocenters. The average Bonchev–Trinajstić information content (AvgIpc) is 1.96. The summed E-state index contributed by atoms with van der Waals surface area (Å²) in [6.07, 6.45) is 0. The Labute approximate surface area is 83.7 Å². The van der Waals surface area contributed by atoms with Crippen molar-refractivity contribution in [2.24, 2.45) is 5.14 Å². The van der Waals surface area contributed by atoms with Crippen molar-refractivity contribution in [3.8, 4) is 0 Å². The van der Waals surface area contributed by atoms with Gasteiger partial charge in [-0.25, -0.2) is 13.6 Å². The summed E-state index contributed by atoms with van der Waals surface area (Å²) in [7, 11) is 0.367. The molecule has 0 aliphatic carbocycles. The maximum atomic E-state index is 11.3. The van der Waals surface area contributed by atoms with Gasteiger partial charge in [0.25, 0.3) is 15.1 Å². The lowest BCUT2D eigenvalue weighted by molar-refractivity contribution is -0.121. The maximum Gasteiger partial charge on any atom is 0.268 e. The molecule has 0 aliphatic rings. The van der Waals surface area contributed by atoms with E-state index in [0.717, 1.165) is 0 Å². The second-order valence-corrected chi connectivity index (χ2v) is 4.70. The van der Waals surface area contributed by atoms with Gasteiger partial charge >= 0.3 is 0 Å². The number of hydrogen-bond acceptors (Lipinski definition) is 5. The molecule has 1 atom stereocenters. The number of amides is 1. The molecule has 0 saturated heterocycles. The summed E-state index contributed by atoms with van der Waals surface area (Å²) < 4.78 is 22.6. The van der Waals surface area contributed by atoms with E-state index in [4.69, 9.17) is 5.14 Å². The molecule has 0 rings (SSSR count). The van der Waals surface area contributed by atoms with E-state index in [1.165, 1.54) is 33.0 Å². The summed E-state index contributed by atoms with van der Waals surface area (Å²) in [6, 6.07) is 0. The SMILES string of the molecule is CNC(NC(C)=O)(N(C)C)S(N)(=O)=O. The standard InChI is InChI=1S/C6H16N4O3S/c1-5(11)9-6(8-2,10(3)4)14(7,12)13/h8H,1-4H3,(H,9,11)(H2,7,12,13). The first-order valence-corrected chi connectivity index (χ1v) is 5.39. The van der Waals surface area contributed by atoms with Gasteiger partial charge in [0.2, 0.25) is 5.91 Å². The van der Waals surface area contributed by atoms with Crippen LogP contribution in [0.25, 0.3) is 0 Å². The van der Waals surface area contributed by atoms with E-state index < -0.39 is 21.0 Å². The van der Waals surface area contributed by atoms with Gasteiger partial charge in [0.1, 0.15) is 0 Å². The Hall–Kier alpha value is -0.700. The number of rotatable bonds is 4. The molecule has 4 N–H and O–H groups in total. The molecule has 0 heterocycles. The molecule has 84 valence electrons. The third-order valence-corrected chi connectivity index (χ3v) is 3.22. The normalized spacial score (nSPS) is 16.4. The van der Waals surface area contributed by atoms with Crippen LogP contribution >= 0.6 is 0 Å². The van der Waals surface area contributed by atoms with Crippen LogP contribution in [0.2, 0.25) is 0 Å². The van der Waals surface area contributed by atoms with E-state index >= 15 is 0 Å². The van der Waals surface area contributed by atoms with Crippen LogP contribution in [0.1, 0.15) is 6.92 Å². The van der Waals surface area contributed by atoms with Crippen LogP contribution in [0.15, 0.2) is 0 Å². The molecule has 1 amide bonds. The van der Waals surface area contributed by atoms with Crippen molar-refractivity contribution in [3.05, 3.63) is 0 Å². The summed E-state index contributed by atoms with van der Waals surface area (Å²) in [4.78, 5) is 12.1. The van der Waals surface area contributed by atoms with E-state index in [2.05, 4.69) is 10.6 Å². The van der Waals surface area contributed by atoms with Gasteiger partial charge in [-0.15, -0.1) is 0 Å². The van der Waals surface area contributed by atoms with E-state index in [1.54, 1.807) is 0 Å². The fourth-order valence-electron chi connectivity index (χ4n) is 1.10. The van der Waals surface area contributed by atoms with E-state index in [-0.39, 0.29) is 0 Å². The van der Waals surface area contributed by atoms with Crippen molar-refractivity contribution in [3.63, 3.8) is 0 Å². The Morgan fingerprint density at radius 2 is 1.86 bits per heavy atom. The highest BCUT2D eigenvalue weighted by Gasteiger charge is 2.43. The van der Waals surface area contributed by atoms with Crippen LogP contribution in [0.4, 0.5) is 0 Å². The summed E-state index contributed by atoms with van der Waals surface area (Å²) in [6.45, 7) is 1.21. The topological polar surface area (TPSA) is 105 Å². The molecule has 0 aliphatic heterocycles. The lowest BCUT2D eigenvalue weighted by atomic mass is 10.6. The maximum absolute atomic E-state index is 11.3. The minimum absolute atomic E-state index is 0.498. The lowest BCUT2D eigenvalue weighted by Gasteiger charge is -2.36. The molecule has 7 nitrogen and oxygen atoms in total. The zero-order valence-corrected chi connectivity index (χ0v) is 9.47. The molecule has 0 radical (unpaired) electrons. The van der Waals surface area contributed by atoms with Crippen LogP contribution in [0.5, 0.6) is 0 Å². The largest absolute Gasteiger partial charge is 0.312 e. The molecule has 0 aromatic rings. The van der Waals surface area contributed by atoms with Crippen LogP contribution in [0.3, 0.4) is 0 Å². The van der Waals surface area contributed by atoms with Crippen LogP contribution in [0, 0.1) is 0 Å². The number of hydrogen-bond donors (Lipinski definition) is 3. The number of nitrogens with two attached hydrogens (primary N) is 1. The minimum atomic E-state index is -3.99. The number of primary sulfonamides is 1. The third-order valence-electron chi connectivity index (χ3n) is 1.73. The van der Waals surface area contributed by atoms with Crippen LogP contribution in [-0.2, 0) is 14.8 Å². The molecule has 0 spiro atoms. The summed E-state index contributed by atoms with van der Waals surface area (Å²) >= 11 is 0. The second kappa shape index (κ2) is 4.22. The van der Waals surface area contributed by atoms with Gasteiger partial charge in [0.05, 0.1) is 0 Å². The first-order valence-electron chi connectivity index (χ1n) is 3.85. The first kappa shape index (κ1) is 13.3. The average molecular weight is 224 g/mol. The lowest BCUT2D eigenvalue weighted by Crippen LogP contribution is -2.71. The Bertz CT molecular complexity index is 313. The van der Waals surface area contributed by atoms with Gasteiger partial charge in [-0.3, -0.25) is 15.0 Å². The highest BCUT2D eigenvalue weighted by Crippen LogP contribution is 2.09. The Morgan fingerprint density at radius 1 is 1.43 bits per heavy atom. The Kier molecular flexibility index (Phi) is 4.01. The van der Waals surface area contributed by atoms with Gasteiger partial charge in [-0.1, -0.05) is 0 Å². The first-order chi connectivity index (χ1) is 6.17. The van der Waals surface area contributed by atoms with E-state index in [1.807, 2.05) is 0 Å². The number of sulfonamides is 1. The van der Waals surface area contributed by atoms with Crippen molar-refractivity contribution in [2.45, 2.75) is 12.0 Å². The predicted octanol–water partition coefficient (Wildman–Crippen LogP) is -2.20. The molecule has 0 saturated carbocycles. The van der Waals surface area contributed by atoms with E-state index in [0.29, 0.717) is 0 Å². The third kappa shape index (κ3) is 2.41. The van der Waals surface area contributed by atoms with Crippen LogP contribution in [-0.4, -0.2) is 45.5 Å². The van der Waals surface area contributed by atoms with Crippen molar-refractivity contribution >= 4 is 15.9 Å². The fraction of sp³-hybridized carbons (Fsp3) is 0.833. The van der Waals surface area contributed by atoms with Crippen LogP contribution < -0.4 is 15.8 Å². The monoisotopic (exact) mass is 224 g/mol. The van der Waals surface area contributed by atoms with Crippen molar-refractivity contribution < 1.29 is 13.2 Å². The van der Waals surface area contributed by atoms with Crippen molar-refractivity contribution in [1.29, 1.82) is 0 Å². The highest BCUT2D eigenvalue weighted by atomic mass is 32.2. The second-order valence-electron chi connectivity index (χ2n) is 3.01. The zero-order valence-electron chi connectivity index (χ0n) is 8.66. The molecule has 0 aromatic carbocycles. The molecule has 14 heavy (non-hydrogen) atoms. The zero-order chi connectivity index (χ0) is 11.6. The highest BCUT2D eigenvalue weighted by molar-refractivity contribution is 7.90. The molecule has 8 heteroatoms. The summed E-state index contributed by atoms with van der Waals surface area (Å²) in [5.41, 5.74) is 0. The number of nitrogens with zero attached hydrogens (tertiary/aromatic N) is 1. The Morgan fingerprint density at radius 3 is 1.93 bits per heavy atom. The number of nitrogens with one attached hydrogen (secondary N) is 2. The molecular formula is C6H16N4O3S. The number of carbonyl (C=O) groups excluding carboxylic acids is 1. The van der Waals surface area contributed by atoms with Gasteiger partial charge in [0.15, 0.2) is 0 Å². The van der Waals surface area contributed by atoms with E-state index in [9.17, 15) is 13.2 Å². The molecule has 0 bridgehead atoms.